The Bertz CT molecular complexity index is 1570. The van der Waals surface area contributed by atoms with Gasteiger partial charge in [0.2, 0.25) is 0 Å². The number of aromatic nitrogens is 1. The van der Waals surface area contributed by atoms with Gasteiger partial charge in [0.1, 0.15) is 30.8 Å². The molecular weight excluding hydrogens is 534 g/mol. The molecule has 1 aromatic heterocycles. The maximum Gasteiger partial charge on any atom is 0.149 e. The maximum atomic E-state index is 12.5. The van der Waals surface area contributed by atoms with Gasteiger partial charge in [-0.05, 0) is 59.9 Å². The van der Waals surface area contributed by atoms with Gasteiger partial charge in [0.25, 0.3) is 0 Å². The number of hydrogen-bond donors (Lipinski definition) is 2. The van der Waals surface area contributed by atoms with E-state index in [0.29, 0.717) is 12.6 Å². The molecule has 0 aliphatic carbocycles. The minimum Gasteiger partial charge on any atom is -0.490 e. The Balaban J connectivity index is 1.10. The number of carbonyl (C=O) groups excluding carboxylic acids is 1. The minimum absolute atomic E-state index is 0.0495. The van der Waals surface area contributed by atoms with E-state index in [-0.39, 0.29) is 18.1 Å². The molecule has 6 heteroatoms. The molecule has 0 saturated carbocycles. The first-order valence-electron chi connectivity index (χ1n) is 14.9. The zero-order valence-electron chi connectivity index (χ0n) is 24.1. The Morgan fingerprint density at radius 1 is 0.860 bits per heavy atom. The van der Waals surface area contributed by atoms with Crippen molar-refractivity contribution in [3.8, 4) is 5.75 Å². The maximum absolute atomic E-state index is 12.5. The van der Waals surface area contributed by atoms with E-state index >= 15 is 0 Å². The summed E-state index contributed by atoms with van der Waals surface area (Å²) < 4.78 is 12.6. The summed E-state index contributed by atoms with van der Waals surface area (Å²) in [6, 6.07) is 39.0. The van der Waals surface area contributed by atoms with E-state index < -0.39 is 0 Å². The number of aldehydes is 1. The van der Waals surface area contributed by atoms with Crippen LogP contribution in [0.1, 0.15) is 29.0 Å². The van der Waals surface area contributed by atoms with Crippen molar-refractivity contribution < 1.29 is 14.3 Å². The quantitative estimate of drug-likeness (QED) is 0.165. The van der Waals surface area contributed by atoms with E-state index in [4.69, 9.17) is 9.47 Å². The summed E-state index contributed by atoms with van der Waals surface area (Å²) in [5, 5.41) is 8.03. The minimum atomic E-state index is -0.197. The Kier molecular flexibility index (Phi) is 9.37. The number of aryl methyl sites for hydroxylation is 1. The van der Waals surface area contributed by atoms with Crippen LogP contribution in [0.5, 0.6) is 5.75 Å². The lowest BCUT2D eigenvalue weighted by atomic mass is 9.85. The molecule has 4 aromatic carbocycles. The summed E-state index contributed by atoms with van der Waals surface area (Å²) in [6.07, 6.45) is 4.41. The molecule has 1 fully saturated rings. The number of rotatable bonds is 12. The smallest absolute Gasteiger partial charge is 0.149 e. The van der Waals surface area contributed by atoms with Crippen molar-refractivity contribution in [3.63, 3.8) is 0 Å². The first-order chi connectivity index (χ1) is 21.3. The summed E-state index contributed by atoms with van der Waals surface area (Å²) in [6.45, 7) is 2.00. The number of nitrogens with one attached hydrogen (secondary N) is 2. The van der Waals surface area contributed by atoms with Crippen LogP contribution < -0.4 is 15.4 Å². The monoisotopic (exact) mass is 570 g/mol. The predicted molar refractivity (Wildman–Crippen MR) is 171 cm³/mol. The van der Waals surface area contributed by atoms with E-state index in [0.717, 1.165) is 71.2 Å². The highest BCUT2D eigenvalue weighted by Gasteiger charge is 2.27. The fraction of sp³-hybridized carbons (Fsp3) is 0.216. The third-order valence-corrected chi connectivity index (χ3v) is 7.90. The molecule has 2 atom stereocenters. The Morgan fingerprint density at radius 2 is 1.58 bits per heavy atom. The summed E-state index contributed by atoms with van der Waals surface area (Å²) in [4.78, 5) is 17.0. The molecule has 6 nitrogen and oxygen atoms in total. The Hall–Kier alpha value is -4.52. The average molecular weight is 571 g/mol. The first-order valence-corrected chi connectivity index (χ1v) is 14.9. The topological polar surface area (TPSA) is 72.5 Å². The average Bonchev–Trinajstić information content (AvgIpc) is 3.07. The molecule has 0 amide bonds. The van der Waals surface area contributed by atoms with Crippen LogP contribution >= 0.6 is 0 Å². The van der Waals surface area contributed by atoms with Crippen LogP contribution in [-0.4, -0.2) is 43.2 Å². The number of ether oxygens (including phenoxy) is 2. The summed E-state index contributed by atoms with van der Waals surface area (Å²) in [5.74, 6) is 0.625. The molecule has 2 N–H and O–H groups in total. The predicted octanol–water partition coefficient (Wildman–Crippen LogP) is 6.58. The standard InChI is InChI=1S/C37H36N3O3/c41-25-35(37(28-12-3-1-4-13-28)29-14-5-2-6-15-29)40-33-17-8-7-11-27(33)20-21-30-23-38-24-31(43-30)26-42-36-19-9-18-34-32(36)16-10-22-39-34/h1-19,22,25,30-31,37-38,40H,20-21,23-24,26H2/t30-,31-/m0/s1. The van der Waals surface area contributed by atoms with Gasteiger partial charge in [-0.3, -0.25) is 4.98 Å². The van der Waals surface area contributed by atoms with Crippen molar-refractivity contribution in [3.05, 3.63) is 144 Å². The van der Waals surface area contributed by atoms with E-state index in [1.165, 1.54) is 0 Å². The Labute approximate surface area is 253 Å². The van der Waals surface area contributed by atoms with Crippen molar-refractivity contribution >= 4 is 22.9 Å². The molecule has 217 valence electrons. The number of nitrogens with zero attached hydrogens (tertiary/aromatic N) is 1. The third kappa shape index (κ3) is 7.11. The zero-order valence-corrected chi connectivity index (χ0v) is 24.1. The molecule has 43 heavy (non-hydrogen) atoms. The van der Waals surface area contributed by atoms with Crippen molar-refractivity contribution in [2.24, 2.45) is 0 Å². The molecule has 0 bridgehead atoms. The molecule has 2 heterocycles. The fourth-order valence-electron chi connectivity index (χ4n) is 5.77. The van der Waals surface area contributed by atoms with Crippen LogP contribution in [0.4, 0.5) is 5.69 Å². The SMILES string of the molecule is O=C[C](Nc1ccccc1CC[C@H]1CNC[C@@H](COc2cccc3ncccc23)O1)C(c1ccccc1)c1ccccc1. The highest BCUT2D eigenvalue weighted by molar-refractivity contribution is 5.84. The summed E-state index contributed by atoms with van der Waals surface area (Å²) in [7, 11) is 0. The molecule has 0 unspecified atom stereocenters. The first kappa shape index (κ1) is 28.6. The van der Waals surface area contributed by atoms with Gasteiger partial charge < -0.3 is 24.9 Å². The molecule has 6 rings (SSSR count). The number of hydrogen-bond acceptors (Lipinski definition) is 6. The number of morpholine rings is 1. The summed E-state index contributed by atoms with van der Waals surface area (Å²) in [5.41, 5.74) is 5.13. The number of pyridine rings is 1. The van der Waals surface area contributed by atoms with Crippen LogP contribution in [0.2, 0.25) is 0 Å². The molecule has 1 saturated heterocycles. The van der Waals surface area contributed by atoms with Gasteiger partial charge in [-0.1, -0.05) is 84.9 Å². The third-order valence-electron chi connectivity index (χ3n) is 7.90. The van der Waals surface area contributed by atoms with Gasteiger partial charge in [0.05, 0.1) is 11.6 Å². The molecule has 1 aliphatic rings. The number of para-hydroxylation sites is 1. The number of anilines is 1. The van der Waals surface area contributed by atoms with Gasteiger partial charge >= 0.3 is 0 Å². The second-order valence-corrected chi connectivity index (χ2v) is 10.8. The van der Waals surface area contributed by atoms with Crippen molar-refractivity contribution in [2.45, 2.75) is 31.0 Å². The van der Waals surface area contributed by atoms with Crippen molar-refractivity contribution in [2.75, 3.05) is 25.0 Å². The fourth-order valence-corrected chi connectivity index (χ4v) is 5.77. The number of carbonyl (C=O) groups is 1. The van der Waals surface area contributed by atoms with Crippen LogP contribution in [0.15, 0.2) is 121 Å². The van der Waals surface area contributed by atoms with Gasteiger partial charge in [-0.25, -0.2) is 0 Å². The molecule has 5 aromatic rings. The number of benzene rings is 4. The lowest BCUT2D eigenvalue weighted by Crippen LogP contribution is -2.47. The van der Waals surface area contributed by atoms with E-state index in [1.807, 2.05) is 84.9 Å². The lowest BCUT2D eigenvalue weighted by molar-refractivity contribution is -0.106. The molecule has 1 radical (unpaired) electrons. The molecular formula is C37H36N3O3. The Morgan fingerprint density at radius 3 is 2.35 bits per heavy atom. The van der Waals surface area contributed by atoms with E-state index in [9.17, 15) is 4.79 Å². The second-order valence-electron chi connectivity index (χ2n) is 10.8. The highest BCUT2D eigenvalue weighted by Crippen LogP contribution is 2.34. The lowest BCUT2D eigenvalue weighted by Gasteiger charge is -2.31. The van der Waals surface area contributed by atoms with Gasteiger partial charge in [0, 0.05) is 36.3 Å². The van der Waals surface area contributed by atoms with Crippen molar-refractivity contribution in [1.29, 1.82) is 0 Å². The van der Waals surface area contributed by atoms with Crippen LogP contribution in [-0.2, 0) is 16.0 Å². The highest BCUT2D eigenvalue weighted by atomic mass is 16.5. The van der Waals surface area contributed by atoms with Crippen LogP contribution in [0.25, 0.3) is 10.9 Å². The van der Waals surface area contributed by atoms with Gasteiger partial charge in [-0.2, -0.15) is 0 Å². The largest absolute Gasteiger partial charge is 0.490 e. The normalized spacial score (nSPS) is 16.8. The van der Waals surface area contributed by atoms with Crippen molar-refractivity contribution in [1.82, 2.24) is 10.3 Å². The summed E-state index contributed by atoms with van der Waals surface area (Å²) >= 11 is 0. The zero-order chi connectivity index (χ0) is 29.3. The molecule has 1 aliphatic heterocycles. The van der Waals surface area contributed by atoms with E-state index in [2.05, 4.69) is 45.9 Å². The van der Waals surface area contributed by atoms with E-state index in [1.54, 1.807) is 6.20 Å². The second kappa shape index (κ2) is 14.1. The van der Waals surface area contributed by atoms with Crippen LogP contribution in [0, 0.1) is 6.04 Å². The van der Waals surface area contributed by atoms with Gasteiger partial charge in [-0.15, -0.1) is 0 Å². The van der Waals surface area contributed by atoms with Crippen LogP contribution in [0.3, 0.4) is 0 Å². The van der Waals surface area contributed by atoms with Gasteiger partial charge in [0.15, 0.2) is 0 Å². The number of fused-ring (bicyclic) bond motifs is 1. The molecule has 0 spiro atoms.